The number of carbonyl (C=O) groups is 3. The molecule has 2 aromatic rings. The van der Waals surface area contributed by atoms with Crippen LogP contribution in [0.5, 0.6) is 5.75 Å². The maximum absolute atomic E-state index is 12.7. The topological polar surface area (TPSA) is 104 Å². The van der Waals surface area contributed by atoms with Gasteiger partial charge < -0.3 is 19.8 Å². The first kappa shape index (κ1) is 20.4. The third-order valence-corrected chi connectivity index (χ3v) is 4.91. The van der Waals surface area contributed by atoms with Crippen LogP contribution in [0.1, 0.15) is 23.6 Å². The Bertz CT molecular complexity index is 981. The average molecular weight is 416 g/mol. The Labute approximate surface area is 171 Å². The first-order valence-electron chi connectivity index (χ1n) is 8.73. The minimum atomic E-state index is -1.10. The molecule has 1 heterocycles. The van der Waals surface area contributed by atoms with Crippen LogP contribution in [0.25, 0.3) is 5.76 Å². The SMILES string of the molecule is COc1ccc([C@H]2C(=C(O)c3ccc(Cl)cc3)C(=O)C(=O)N2CCC(=O)O)cc1. The zero-order valence-corrected chi connectivity index (χ0v) is 16.2. The molecule has 0 bridgehead atoms. The number of hydrogen-bond acceptors (Lipinski definition) is 5. The third-order valence-electron chi connectivity index (χ3n) is 4.66. The summed E-state index contributed by atoms with van der Waals surface area (Å²) in [7, 11) is 1.51. The van der Waals surface area contributed by atoms with Crippen LogP contribution in [0.4, 0.5) is 0 Å². The highest BCUT2D eigenvalue weighted by Gasteiger charge is 2.46. The number of amides is 1. The van der Waals surface area contributed by atoms with Crippen LogP contribution < -0.4 is 4.74 Å². The van der Waals surface area contributed by atoms with E-state index in [9.17, 15) is 19.5 Å². The molecular weight excluding hydrogens is 398 g/mol. The van der Waals surface area contributed by atoms with Crippen molar-refractivity contribution < 1.29 is 29.3 Å². The Hall–Kier alpha value is -3.32. The van der Waals surface area contributed by atoms with Gasteiger partial charge in [0, 0.05) is 17.1 Å². The van der Waals surface area contributed by atoms with Crippen molar-refractivity contribution in [2.45, 2.75) is 12.5 Å². The zero-order valence-electron chi connectivity index (χ0n) is 15.5. The van der Waals surface area contributed by atoms with Crippen molar-refractivity contribution >= 4 is 35.0 Å². The van der Waals surface area contributed by atoms with E-state index < -0.39 is 23.7 Å². The van der Waals surface area contributed by atoms with Gasteiger partial charge in [-0.05, 0) is 42.0 Å². The Balaban J connectivity index is 2.13. The van der Waals surface area contributed by atoms with Gasteiger partial charge in [0.05, 0.1) is 25.1 Å². The summed E-state index contributed by atoms with van der Waals surface area (Å²) in [6, 6.07) is 11.9. The maximum Gasteiger partial charge on any atom is 0.305 e. The minimum Gasteiger partial charge on any atom is -0.507 e. The summed E-state index contributed by atoms with van der Waals surface area (Å²) in [6.45, 7) is -0.173. The molecule has 0 spiro atoms. The largest absolute Gasteiger partial charge is 0.507 e. The van der Waals surface area contributed by atoms with Gasteiger partial charge in [-0.15, -0.1) is 0 Å². The van der Waals surface area contributed by atoms with Crippen LogP contribution in [0.15, 0.2) is 54.1 Å². The van der Waals surface area contributed by atoms with Gasteiger partial charge in [-0.2, -0.15) is 0 Å². The van der Waals surface area contributed by atoms with Crippen molar-refractivity contribution in [3.63, 3.8) is 0 Å². The summed E-state index contributed by atoms with van der Waals surface area (Å²) < 4.78 is 5.14. The quantitative estimate of drug-likeness (QED) is 0.426. The van der Waals surface area contributed by atoms with Crippen molar-refractivity contribution in [1.29, 1.82) is 0 Å². The van der Waals surface area contributed by atoms with Crippen molar-refractivity contribution in [3.8, 4) is 5.75 Å². The number of Topliss-reactive ketones (excluding diaryl/α,β-unsaturated/α-hetero) is 1. The van der Waals surface area contributed by atoms with E-state index in [-0.39, 0.29) is 24.3 Å². The summed E-state index contributed by atoms with van der Waals surface area (Å²) in [5.41, 5.74) is 0.767. The number of likely N-dealkylation sites (tertiary alicyclic amines) is 1. The summed E-state index contributed by atoms with van der Waals surface area (Å²) >= 11 is 5.88. The lowest BCUT2D eigenvalue weighted by molar-refractivity contribution is -0.142. The molecule has 0 aliphatic carbocycles. The molecule has 8 heteroatoms. The Kier molecular flexibility index (Phi) is 5.89. The van der Waals surface area contributed by atoms with Crippen molar-refractivity contribution in [3.05, 3.63) is 70.3 Å². The van der Waals surface area contributed by atoms with Crippen LogP contribution in [-0.4, -0.2) is 46.4 Å². The number of ketones is 1. The lowest BCUT2D eigenvalue weighted by atomic mass is 9.95. The van der Waals surface area contributed by atoms with Crippen molar-refractivity contribution in [2.75, 3.05) is 13.7 Å². The number of hydrogen-bond donors (Lipinski definition) is 2. The van der Waals surface area contributed by atoms with Gasteiger partial charge in [0.2, 0.25) is 0 Å². The smallest absolute Gasteiger partial charge is 0.305 e. The molecular formula is C21H18ClNO6. The monoisotopic (exact) mass is 415 g/mol. The van der Waals surface area contributed by atoms with Crippen LogP contribution in [0.3, 0.4) is 0 Å². The number of aliphatic carboxylic acids is 1. The first-order valence-corrected chi connectivity index (χ1v) is 9.11. The molecule has 29 heavy (non-hydrogen) atoms. The van der Waals surface area contributed by atoms with E-state index in [0.717, 1.165) is 0 Å². The number of methoxy groups -OCH3 is 1. The highest BCUT2D eigenvalue weighted by Crippen LogP contribution is 2.39. The Morgan fingerprint density at radius 3 is 2.24 bits per heavy atom. The number of nitrogens with zero attached hydrogens (tertiary/aromatic N) is 1. The zero-order chi connectivity index (χ0) is 21.1. The number of carboxylic acid groups (broad SMARTS) is 1. The molecule has 1 aliphatic rings. The molecule has 3 rings (SSSR count). The minimum absolute atomic E-state index is 0.104. The average Bonchev–Trinajstić information content (AvgIpc) is 2.97. The molecule has 1 aliphatic heterocycles. The Morgan fingerprint density at radius 1 is 1.07 bits per heavy atom. The van der Waals surface area contributed by atoms with Crippen molar-refractivity contribution in [1.82, 2.24) is 4.90 Å². The number of ether oxygens (including phenoxy) is 1. The van der Waals surface area contributed by atoms with E-state index in [1.807, 2.05) is 0 Å². The van der Waals surface area contributed by atoms with Crippen LogP contribution in [0, 0.1) is 0 Å². The maximum atomic E-state index is 12.7. The molecule has 1 saturated heterocycles. The Morgan fingerprint density at radius 2 is 1.69 bits per heavy atom. The fraction of sp³-hybridized carbons (Fsp3) is 0.190. The highest BCUT2D eigenvalue weighted by atomic mass is 35.5. The number of benzene rings is 2. The number of aliphatic hydroxyl groups excluding tert-OH is 1. The lowest BCUT2D eigenvalue weighted by Crippen LogP contribution is -2.31. The van der Waals surface area contributed by atoms with E-state index in [1.165, 1.54) is 24.1 Å². The van der Waals surface area contributed by atoms with E-state index in [0.29, 0.717) is 21.9 Å². The van der Waals surface area contributed by atoms with Crippen molar-refractivity contribution in [2.24, 2.45) is 0 Å². The van der Waals surface area contributed by atoms with E-state index in [2.05, 4.69) is 0 Å². The second-order valence-corrected chi connectivity index (χ2v) is 6.85. The first-order chi connectivity index (χ1) is 13.8. The van der Waals surface area contributed by atoms with Gasteiger partial charge in [-0.3, -0.25) is 14.4 Å². The second kappa shape index (κ2) is 8.36. The van der Waals surface area contributed by atoms with Gasteiger partial charge in [0.25, 0.3) is 11.7 Å². The van der Waals surface area contributed by atoms with Gasteiger partial charge >= 0.3 is 5.97 Å². The van der Waals surface area contributed by atoms with E-state index in [4.69, 9.17) is 21.4 Å². The fourth-order valence-corrected chi connectivity index (χ4v) is 3.35. The third kappa shape index (κ3) is 4.09. The summed E-state index contributed by atoms with van der Waals surface area (Å²) in [5.74, 6) is -2.60. The molecule has 2 aromatic carbocycles. The second-order valence-electron chi connectivity index (χ2n) is 6.42. The summed E-state index contributed by atoms with van der Waals surface area (Å²) in [4.78, 5) is 37.6. The van der Waals surface area contributed by atoms with Gasteiger partial charge in [-0.25, -0.2) is 0 Å². The van der Waals surface area contributed by atoms with Crippen LogP contribution in [0.2, 0.25) is 5.02 Å². The predicted molar refractivity (Wildman–Crippen MR) is 106 cm³/mol. The molecule has 0 saturated carbocycles. The number of carboxylic acids is 1. The molecule has 1 atom stereocenters. The molecule has 0 aromatic heterocycles. The number of carbonyl (C=O) groups excluding carboxylic acids is 2. The molecule has 1 amide bonds. The van der Waals surface area contributed by atoms with Gasteiger partial charge in [0.1, 0.15) is 11.5 Å². The predicted octanol–water partition coefficient (Wildman–Crippen LogP) is 3.25. The van der Waals surface area contributed by atoms with Gasteiger partial charge in [-0.1, -0.05) is 23.7 Å². The van der Waals surface area contributed by atoms with Crippen LogP contribution >= 0.6 is 11.6 Å². The highest BCUT2D eigenvalue weighted by molar-refractivity contribution is 6.46. The van der Waals surface area contributed by atoms with E-state index in [1.54, 1.807) is 36.4 Å². The fourth-order valence-electron chi connectivity index (χ4n) is 3.22. The molecule has 7 nitrogen and oxygen atoms in total. The molecule has 0 unspecified atom stereocenters. The number of rotatable bonds is 6. The molecule has 1 fully saturated rings. The lowest BCUT2D eigenvalue weighted by Gasteiger charge is -2.25. The molecule has 150 valence electrons. The molecule has 0 radical (unpaired) electrons. The summed E-state index contributed by atoms with van der Waals surface area (Å²) in [6.07, 6.45) is -0.333. The molecule has 2 N–H and O–H groups in total. The number of aliphatic hydroxyl groups is 1. The van der Waals surface area contributed by atoms with E-state index >= 15 is 0 Å². The number of halogens is 1. The normalized spacial score (nSPS) is 18.1. The van der Waals surface area contributed by atoms with Gasteiger partial charge in [0.15, 0.2) is 0 Å². The standard InChI is InChI=1S/C21H18ClNO6/c1-29-15-8-4-12(5-9-15)18-17(19(26)13-2-6-14(22)7-3-13)20(27)21(28)23(18)11-10-16(24)25/h2-9,18,26H,10-11H2,1H3,(H,24,25)/t18-/m0/s1. The van der Waals surface area contributed by atoms with Crippen LogP contribution in [-0.2, 0) is 14.4 Å². The summed E-state index contributed by atoms with van der Waals surface area (Å²) in [5, 5.41) is 20.3.